The van der Waals surface area contributed by atoms with Crippen LogP contribution in [0.5, 0.6) is 0 Å². The lowest BCUT2D eigenvalue weighted by Crippen LogP contribution is -2.35. The Balaban J connectivity index is 2.04. The van der Waals surface area contributed by atoms with Gasteiger partial charge in [-0.2, -0.15) is 0 Å². The Bertz CT molecular complexity index is 834. The summed E-state index contributed by atoms with van der Waals surface area (Å²) in [7, 11) is 0. The number of aliphatic hydroxyl groups is 3. The highest BCUT2D eigenvalue weighted by Gasteiger charge is 2.44. The van der Waals surface area contributed by atoms with Crippen molar-refractivity contribution in [1.29, 1.82) is 0 Å². The maximum Gasteiger partial charge on any atom is 0.309 e. The van der Waals surface area contributed by atoms with E-state index in [9.17, 15) is 24.9 Å². The number of ether oxygens (including phenoxy) is 3. The van der Waals surface area contributed by atoms with Crippen LogP contribution in [0.2, 0.25) is 0 Å². The molecule has 0 aliphatic carbocycles. The molecule has 0 aromatic rings. The lowest BCUT2D eigenvalue weighted by atomic mass is 9.92. The minimum absolute atomic E-state index is 0.0241. The van der Waals surface area contributed by atoms with E-state index in [1.165, 1.54) is 6.92 Å². The van der Waals surface area contributed by atoms with Crippen LogP contribution in [0.15, 0.2) is 36.0 Å². The van der Waals surface area contributed by atoms with Crippen LogP contribution in [0.25, 0.3) is 0 Å². The Morgan fingerprint density at radius 2 is 1.97 bits per heavy atom. The van der Waals surface area contributed by atoms with Gasteiger partial charge in [0.15, 0.2) is 0 Å². The summed E-state index contributed by atoms with van der Waals surface area (Å²) >= 11 is 0. The molecule has 0 spiro atoms. The van der Waals surface area contributed by atoms with E-state index in [-0.39, 0.29) is 43.0 Å². The van der Waals surface area contributed by atoms with E-state index in [4.69, 9.17) is 14.2 Å². The van der Waals surface area contributed by atoms with Crippen LogP contribution in [0.3, 0.4) is 0 Å². The number of carbonyl (C=O) groups excluding carboxylic acids is 2. The maximum absolute atomic E-state index is 12.5. The standard InChI is InChI=1S/C29H46O8/c1-7-23(32)20(5)29-27(37-29)14-17(2)10-8-11-18(3)25-12-9-13-26(35-21(6)30)19(4)24(33)15-22(31)16-28(34)36-25/h8-11,13,17,19-20,22-27,29,31-33H,7,12,14-16H2,1-6H3/b10-8+,13-9+,18-11+/t17-,19+,20+,22-,23-,24+,25+,26+,27+,29+/m0/s1. The van der Waals surface area contributed by atoms with Gasteiger partial charge in [-0.1, -0.05) is 52.0 Å². The molecule has 0 amide bonds. The predicted molar refractivity (Wildman–Crippen MR) is 140 cm³/mol. The average molecular weight is 523 g/mol. The molecule has 0 radical (unpaired) electrons. The summed E-state index contributed by atoms with van der Waals surface area (Å²) in [6.45, 7) is 11.1. The van der Waals surface area contributed by atoms with E-state index in [1.54, 1.807) is 19.1 Å². The zero-order valence-electron chi connectivity index (χ0n) is 23.1. The van der Waals surface area contributed by atoms with Gasteiger partial charge < -0.3 is 29.5 Å². The summed E-state index contributed by atoms with van der Waals surface area (Å²) in [6.07, 6.45) is 7.88. The molecule has 37 heavy (non-hydrogen) atoms. The third kappa shape index (κ3) is 10.3. The minimum atomic E-state index is -1.06. The highest BCUT2D eigenvalue weighted by molar-refractivity contribution is 5.70. The first-order chi connectivity index (χ1) is 17.4. The van der Waals surface area contributed by atoms with Crippen LogP contribution >= 0.6 is 0 Å². The molecule has 2 aliphatic rings. The molecule has 8 nitrogen and oxygen atoms in total. The number of carbonyl (C=O) groups is 2. The molecule has 10 atom stereocenters. The van der Waals surface area contributed by atoms with Gasteiger partial charge in [0.25, 0.3) is 0 Å². The van der Waals surface area contributed by atoms with E-state index >= 15 is 0 Å². The fourth-order valence-corrected chi connectivity index (χ4v) is 4.72. The van der Waals surface area contributed by atoms with Crippen LogP contribution in [0, 0.1) is 17.8 Å². The van der Waals surface area contributed by atoms with E-state index in [2.05, 4.69) is 13.0 Å². The Hall–Kier alpha value is -2.00. The number of allylic oxidation sites excluding steroid dienone is 3. The number of epoxide rings is 1. The van der Waals surface area contributed by atoms with Gasteiger partial charge in [0, 0.05) is 31.6 Å². The van der Waals surface area contributed by atoms with Crippen molar-refractivity contribution < 1.29 is 39.1 Å². The number of esters is 2. The summed E-state index contributed by atoms with van der Waals surface area (Å²) in [6, 6.07) is 0. The van der Waals surface area contributed by atoms with Crippen LogP contribution in [0.4, 0.5) is 0 Å². The SMILES string of the molecule is CC[C@H](O)[C@@H](C)[C@H]1O[C@@H]1C[C@@H](C)/C=C/C=C(\C)[C@H]1C/C=C/[C@@H](OC(C)=O)[C@H](C)[C@H](O)C[C@H](O)CC(=O)O1. The van der Waals surface area contributed by atoms with Gasteiger partial charge in [-0.15, -0.1) is 0 Å². The molecule has 1 fully saturated rings. The number of hydrogen-bond donors (Lipinski definition) is 3. The number of cyclic esters (lactones) is 1. The third-order valence-electron chi connectivity index (χ3n) is 7.37. The van der Waals surface area contributed by atoms with E-state index in [0.717, 1.165) is 18.4 Å². The molecular formula is C29H46O8. The molecule has 8 heteroatoms. The van der Waals surface area contributed by atoms with Gasteiger partial charge in [0.05, 0.1) is 36.9 Å². The molecule has 2 heterocycles. The fraction of sp³-hybridized carbons (Fsp3) is 0.724. The number of hydrogen-bond acceptors (Lipinski definition) is 8. The van der Waals surface area contributed by atoms with Gasteiger partial charge in [-0.25, -0.2) is 0 Å². The molecule has 2 aliphatic heterocycles. The van der Waals surface area contributed by atoms with Crippen molar-refractivity contribution in [2.24, 2.45) is 17.8 Å². The van der Waals surface area contributed by atoms with Crippen molar-refractivity contribution >= 4 is 11.9 Å². The first kappa shape index (κ1) is 31.2. The smallest absolute Gasteiger partial charge is 0.309 e. The van der Waals surface area contributed by atoms with Crippen molar-refractivity contribution in [3.63, 3.8) is 0 Å². The van der Waals surface area contributed by atoms with Gasteiger partial charge in [0.1, 0.15) is 12.2 Å². The minimum Gasteiger partial charge on any atom is -0.458 e. The van der Waals surface area contributed by atoms with Crippen LogP contribution in [0.1, 0.15) is 73.6 Å². The van der Waals surface area contributed by atoms with Crippen molar-refractivity contribution in [2.45, 2.75) is 116 Å². The first-order valence-corrected chi connectivity index (χ1v) is 13.5. The molecule has 2 rings (SSSR count). The summed E-state index contributed by atoms with van der Waals surface area (Å²) in [5, 5.41) is 30.8. The third-order valence-corrected chi connectivity index (χ3v) is 7.37. The molecule has 3 N–H and O–H groups in total. The van der Waals surface area contributed by atoms with E-state index < -0.39 is 42.3 Å². The largest absolute Gasteiger partial charge is 0.458 e. The van der Waals surface area contributed by atoms with Crippen LogP contribution < -0.4 is 0 Å². The Morgan fingerprint density at radius 1 is 1.27 bits per heavy atom. The van der Waals surface area contributed by atoms with Gasteiger partial charge in [-0.05, 0) is 37.3 Å². The summed E-state index contributed by atoms with van der Waals surface area (Å²) < 4.78 is 16.8. The topological polar surface area (TPSA) is 126 Å². The molecule has 0 unspecified atom stereocenters. The lowest BCUT2D eigenvalue weighted by molar-refractivity contribution is -0.150. The van der Waals surface area contributed by atoms with Gasteiger partial charge >= 0.3 is 11.9 Å². The molecule has 0 saturated carbocycles. The van der Waals surface area contributed by atoms with Crippen molar-refractivity contribution in [2.75, 3.05) is 0 Å². The average Bonchev–Trinajstić information content (AvgIpc) is 3.58. The van der Waals surface area contributed by atoms with E-state index in [0.29, 0.717) is 6.42 Å². The van der Waals surface area contributed by atoms with Crippen molar-refractivity contribution in [3.8, 4) is 0 Å². The summed E-state index contributed by atoms with van der Waals surface area (Å²) in [5.41, 5.74) is 0.838. The van der Waals surface area contributed by atoms with Crippen LogP contribution in [-0.2, 0) is 23.8 Å². The normalized spacial score (nSPS) is 35.0. The van der Waals surface area contributed by atoms with Crippen LogP contribution in [-0.4, -0.2) is 70.0 Å². The van der Waals surface area contributed by atoms with E-state index in [1.807, 2.05) is 32.9 Å². The second-order valence-corrected chi connectivity index (χ2v) is 10.7. The maximum atomic E-state index is 12.5. The molecule has 210 valence electrons. The highest BCUT2D eigenvalue weighted by Crippen LogP contribution is 2.36. The van der Waals surface area contributed by atoms with Gasteiger partial charge in [0.2, 0.25) is 0 Å². The monoisotopic (exact) mass is 522 g/mol. The van der Waals surface area contributed by atoms with Gasteiger partial charge in [-0.3, -0.25) is 9.59 Å². The molecule has 0 aromatic carbocycles. The molecule has 0 aromatic heterocycles. The Labute approximate surface area is 221 Å². The fourth-order valence-electron chi connectivity index (χ4n) is 4.72. The molecular weight excluding hydrogens is 476 g/mol. The lowest BCUT2D eigenvalue weighted by Gasteiger charge is -2.28. The summed E-state index contributed by atoms with van der Waals surface area (Å²) in [5.74, 6) is -1.04. The zero-order chi connectivity index (χ0) is 27.7. The quantitative estimate of drug-likeness (QED) is 0.181. The molecule has 1 saturated heterocycles. The number of aliphatic hydroxyl groups excluding tert-OH is 3. The number of rotatable bonds is 9. The first-order valence-electron chi connectivity index (χ1n) is 13.5. The summed E-state index contributed by atoms with van der Waals surface area (Å²) in [4.78, 5) is 24.0. The zero-order valence-corrected chi connectivity index (χ0v) is 23.1. The second-order valence-electron chi connectivity index (χ2n) is 10.7. The Morgan fingerprint density at radius 3 is 2.62 bits per heavy atom. The van der Waals surface area contributed by atoms with Crippen molar-refractivity contribution in [1.82, 2.24) is 0 Å². The predicted octanol–water partition coefficient (Wildman–Crippen LogP) is 3.63. The molecule has 0 bridgehead atoms. The van der Waals surface area contributed by atoms with Crippen molar-refractivity contribution in [3.05, 3.63) is 36.0 Å². The Kier molecular flexibility index (Phi) is 12.5. The second kappa shape index (κ2) is 14.8. The highest BCUT2D eigenvalue weighted by atomic mass is 16.6.